The maximum atomic E-state index is 12.4. The normalized spacial score (nSPS) is 17.2. The van der Waals surface area contributed by atoms with E-state index in [1.807, 2.05) is 6.07 Å². The number of carbonyl (C=O) groups is 2. The van der Waals surface area contributed by atoms with Gasteiger partial charge in [-0.3, -0.25) is 9.59 Å². The molecule has 1 aromatic carbocycles. The molecular weight excluding hydrogens is 398 g/mol. The van der Waals surface area contributed by atoms with E-state index in [0.717, 1.165) is 5.56 Å². The lowest BCUT2D eigenvalue weighted by molar-refractivity contribution is -0.141. The first-order valence-electron chi connectivity index (χ1n) is 7.76. The van der Waals surface area contributed by atoms with Gasteiger partial charge in [-0.1, -0.05) is 29.4 Å². The van der Waals surface area contributed by atoms with E-state index in [2.05, 4.69) is 10.2 Å². The minimum atomic E-state index is -0.333. The lowest BCUT2D eigenvalue weighted by Crippen LogP contribution is -2.45. The van der Waals surface area contributed by atoms with Crippen LogP contribution in [0.15, 0.2) is 33.9 Å². The van der Waals surface area contributed by atoms with Crippen molar-refractivity contribution in [1.82, 2.24) is 15.1 Å². The molecule has 1 saturated heterocycles. The van der Waals surface area contributed by atoms with Crippen LogP contribution in [-0.2, 0) is 14.3 Å². The highest BCUT2D eigenvalue weighted by molar-refractivity contribution is 8.00. The van der Waals surface area contributed by atoms with Gasteiger partial charge in [0.15, 0.2) is 0 Å². The number of aromatic nitrogens is 2. The van der Waals surface area contributed by atoms with Gasteiger partial charge in [-0.05, 0) is 18.2 Å². The third kappa shape index (κ3) is 4.72. The molecule has 138 valence electrons. The van der Waals surface area contributed by atoms with Gasteiger partial charge in [-0.15, -0.1) is 22.0 Å². The van der Waals surface area contributed by atoms with Crippen molar-refractivity contribution in [3.63, 3.8) is 0 Å². The fourth-order valence-corrected chi connectivity index (χ4v) is 4.36. The number of ether oxygens (including phenoxy) is 1. The fourth-order valence-electron chi connectivity index (χ4n) is 2.37. The zero-order valence-corrected chi connectivity index (χ0v) is 16.3. The molecule has 1 amide bonds. The maximum absolute atomic E-state index is 12.4. The van der Waals surface area contributed by atoms with E-state index in [1.165, 1.54) is 30.6 Å². The number of amides is 1. The third-order valence-electron chi connectivity index (χ3n) is 3.68. The predicted molar refractivity (Wildman–Crippen MR) is 100 cm³/mol. The van der Waals surface area contributed by atoms with Crippen LogP contribution >= 0.6 is 35.1 Å². The zero-order valence-electron chi connectivity index (χ0n) is 13.9. The largest absolute Gasteiger partial charge is 0.468 e. The Hall–Kier alpha value is -1.71. The molecule has 0 radical (unpaired) electrons. The molecule has 26 heavy (non-hydrogen) atoms. The highest BCUT2D eigenvalue weighted by atomic mass is 35.5. The van der Waals surface area contributed by atoms with Gasteiger partial charge in [0.05, 0.1) is 12.9 Å². The summed E-state index contributed by atoms with van der Waals surface area (Å²) in [7, 11) is 1.35. The quantitative estimate of drug-likeness (QED) is 0.546. The zero-order chi connectivity index (χ0) is 18.5. The van der Waals surface area contributed by atoms with Gasteiger partial charge < -0.3 is 14.1 Å². The van der Waals surface area contributed by atoms with Gasteiger partial charge >= 0.3 is 5.97 Å². The second-order valence-electron chi connectivity index (χ2n) is 5.39. The van der Waals surface area contributed by atoms with Crippen LogP contribution in [0.25, 0.3) is 11.5 Å². The average Bonchev–Trinajstić information content (AvgIpc) is 3.14. The van der Waals surface area contributed by atoms with E-state index in [-0.39, 0.29) is 22.9 Å². The maximum Gasteiger partial charge on any atom is 0.320 e. The number of benzene rings is 1. The monoisotopic (exact) mass is 413 g/mol. The Balaban J connectivity index is 1.56. The Morgan fingerprint density at radius 3 is 3.08 bits per heavy atom. The van der Waals surface area contributed by atoms with Crippen LogP contribution in [0.4, 0.5) is 0 Å². The van der Waals surface area contributed by atoms with Crippen LogP contribution in [0.2, 0.25) is 5.02 Å². The van der Waals surface area contributed by atoms with Crippen molar-refractivity contribution in [3.05, 3.63) is 29.3 Å². The van der Waals surface area contributed by atoms with Crippen LogP contribution < -0.4 is 0 Å². The fraction of sp³-hybridized carbons (Fsp3) is 0.375. The molecule has 0 bridgehead atoms. The first-order chi connectivity index (χ1) is 12.6. The standard InChI is InChI=1S/C16H16ClN3O4S2/c1-23-15(22)12-8-20(5-6-25-12)13(21)9-26-16-19-18-14(24-16)10-3-2-4-11(17)7-10/h2-4,7,12H,5-6,8-9H2,1H3/t12-/m1/s1. The van der Waals surface area contributed by atoms with E-state index in [0.29, 0.717) is 35.0 Å². The van der Waals surface area contributed by atoms with Crippen LogP contribution in [0, 0.1) is 0 Å². The number of halogens is 1. The second kappa shape index (κ2) is 8.79. The molecule has 2 aromatic rings. The molecule has 10 heteroatoms. The van der Waals surface area contributed by atoms with Crippen molar-refractivity contribution in [2.75, 3.05) is 31.7 Å². The molecule has 1 aliphatic rings. The molecule has 1 aliphatic heterocycles. The van der Waals surface area contributed by atoms with Gasteiger partial charge in [0.25, 0.3) is 5.22 Å². The summed E-state index contributed by atoms with van der Waals surface area (Å²) < 4.78 is 10.3. The Kier molecular flexibility index (Phi) is 6.44. The van der Waals surface area contributed by atoms with Gasteiger partial charge in [0.2, 0.25) is 11.8 Å². The summed E-state index contributed by atoms with van der Waals surface area (Å²) in [6.07, 6.45) is 0. The molecule has 1 fully saturated rings. The van der Waals surface area contributed by atoms with Crippen molar-refractivity contribution in [1.29, 1.82) is 0 Å². The van der Waals surface area contributed by atoms with Crippen LogP contribution in [0.1, 0.15) is 0 Å². The van der Waals surface area contributed by atoms with Gasteiger partial charge in [-0.2, -0.15) is 0 Å². The Bertz CT molecular complexity index is 801. The molecular formula is C16H16ClN3O4S2. The molecule has 0 unspecified atom stereocenters. The summed E-state index contributed by atoms with van der Waals surface area (Å²) in [6.45, 7) is 0.962. The number of methoxy groups -OCH3 is 1. The summed E-state index contributed by atoms with van der Waals surface area (Å²) in [5.74, 6) is 0.836. The minimum Gasteiger partial charge on any atom is -0.468 e. The van der Waals surface area contributed by atoms with Gasteiger partial charge in [0.1, 0.15) is 5.25 Å². The van der Waals surface area contributed by atoms with Crippen molar-refractivity contribution >= 4 is 47.0 Å². The topological polar surface area (TPSA) is 85.5 Å². The molecule has 0 N–H and O–H groups in total. The van der Waals surface area contributed by atoms with Crippen molar-refractivity contribution < 1.29 is 18.7 Å². The number of hydrogen-bond donors (Lipinski definition) is 0. The highest BCUT2D eigenvalue weighted by Gasteiger charge is 2.29. The molecule has 0 spiro atoms. The number of hydrogen-bond acceptors (Lipinski definition) is 8. The van der Waals surface area contributed by atoms with Gasteiger partial charge in [0, 0.05) is 29.4 Å². The summed E-state index contributed by atoms with van der Waals surface area (Å²) in [5.41, 5.74) is 0.720. The highest BCUT2D eigenvalue weighted by Crippen LogP contribution is 2.26. The summed E-state index contributed by atoms with van der Waals surface area (Å²) >= 11 is 8.63. The van der Waals surface area contributed by atoms with E-state index >= 15 is 0 Å². The van der Waals surface area contributed by atoms with E-state index in [9.17, 15) is 9.59 Å². The first kappa shape index (κ1) is 19.1. The molecule has 1 aromatic heterocycles. The molecule has 1 atom stereocenters. The second-order valence-corrected chi connectivity index (χ2v) is 8.07. The molecule has 0 saturated carbocycles. The Morgan fingerprint density at radius 2 is 2.31 bits per heavy atom. The van der Waals surface area contributed by atoms with Crippen molar-refractivity contribution in [2.24, 2.45) is 0 Å². The van der Waals surface area contributed by atoms with Crippen molar-refractivity contribution in [3.8, 4) is 11.5 Å². The Morgan fingerprint density at radius 1 is 1.46 bits per heavy atom. The van der Waals surface area contributed by atoms with E-state index in [4.69, 9.17) is 20.8 Å². The smallest absolute Gasteiger partial charge is 0.320 e. The minimum absolute atomic E-state index is 0.0771. The first-order valence-corrected chi connectivity index (χ1v) is 10.2. The average molecular weight is 414 g/mol. The van der Waals surface area contributed by atoms with Crippen LogP contribution in [0.3, 0.4) is 0 Å². The molecule has 3 rings (SSSR count). The number of esters is 1. The number of rotatable bonds is 5. The Labute approximate surface area is 163 Å². The lowest BCUT2D eigenvalue weighted by atomic mass is 10.2. The number of carbonyl (C=O) groups excluding carboxylic acids is 2. The van der Waals surface area contributed by atoms with E-state index < -0.39 is 0 Å². The van der Waals surface area contributed by atoms with Gasteiger partial charge in [-0.25, -0.2) is 0 Å². The SMILES string of the molecule is COC(=O)[C@H]1CN(C(=O)CSc2nnc(-c3cccc(Cl)c3)o2)CCS1. The number of thioether (sulfide) groups is 2. The summed E-state index contributed by atoms with van der Waals surface area (Å²) in [4.78, 5) is 25.7. The third-order valence-corrected chi connectivity index (χ3v) is 5.88. The summed E-state index contributed by atoms with van der Waals surface area (Å²) in [5, 5.41) is 8.48. The summed E-state index contributed by atoms with van der Waals surface area (Å²) in [6, 6.07) is 7.10. The van der Waals surface area contributed by atoms with Crippen LogP contribution in [-0.4, -0.2) is 63.9 Å². The van der Waals surface area contributed by atoms with E-state index in [1.54, 1.807) is 23.1 Å². The van der Waals surface area contributed by atoms with Crippen LogP contribution in [0.5, 0.6) is 0 Å². The van der Waals surface area contributed by atoms with Crippen molar-refractivity contribution in [2.45, 2.75) is 10.5 Å². The lowest BCUT2D eigenvalue weighted by Gasteiger charge is -2.30. The number of nitrogens with zero attached hydrogens (tertiary/aromatic N) is 3. The predicted octanol–water partition coefficient (Wildman–Crippen LogP) is 2.60. The molecule has 0 aliphatic carbocycles. The molecule has 7 nitrogen and oxygen atoms in total. The molecule has 2 heterocycles.